The minimum atomic E-state index is -0.279. The van der Waals surface area contributed by atoms with Crippen molar-refractivity contribution < 1.29 is 4.39 Å². The third-order valence-electron chi connectivity index (χ3n) is 4.01. The number of halogens is 1. The molecule has 4 aromatic rings. The van der Waals surface area contributed by atoms with E-state index in [1.54, 1.807) is 22.4 Å². The first-order chi connectivity index (χ1) is 12.6. The minimum absolute atomic E-state index is 0.170. The van der Waals surface area contributed by atoms with E-state index in [0.29, 0.717) is 21.9 Å². The summed E-state index contributed by atoms with van der Waals surface area (Å²) in [5, 5.41) is 5.15. The molecule has 0 aliphatic carbocycles. The number of aryl methyl sites for hydroxylation is 1. The van der Waals surface area contributed by atoms with Gasteiger partial charge in [0.2, 0.25) is 0 Å². The Kier molecular flexibility index (Phi) is 4.30. The van der Waals surface area contributed by atoms with Crippen LogP contribution in [0.3, 0.4) is 0 Å². The SMILES string of the molecule is Cn1ncc2c(=O)n(-c3ccccc3)c(SCc3cccc(F)c3)nc21. The Balaban J connectivity index is 1.83. The number of nitrogens with zero attached hydrogens (tertiary/aromatic N) is 4. The van der Waals surface area contributed by atoms with Crippen LogP contribution in [0, 0.1) is 5.82 Å². The summed E-state index contributed by atoms with van der Waals surface area (Å²) in [4.78, 5) is 17.7. The van der Waals surface area contributed by atoms with Crippen LogP contribution >= 0.6 is 11.8 Å². The molecule has 5 nitrogen and oxygen atoms in total. The normalized spacial score (nSPS) is 11.2. The van der Waals surface area contributed by atoms with E-state index in [2.05, 4.69) is 10.1 Å². The summed E-state index contributed by atoms with van der Waals surface area (Å²) in [6.07, 6.45) is 1.53. The first kappa shape index (κ1) is 16.5. The molecule has 0 radical (unpaired) electrons. The van der Waals surface area contributed by atoms with Gasteiger partial charge in [-0.15, -0.1) is 0 Å². The highest BCUT2D eigenvalue weighted by Gasteiger charge is 2.16. The van der Waals surface area contributed by atoms with Gasteiger partial charge in [-0.25, -0.2) is 9.37 Å². The molecule has 0 saturated heterocycles. The van der Waals surface area contributed by atoms with Crippen LogP contribution in [0.4, 0.5) is 4.39 Å². The molecule has 0 atom stereocenters. The smallest absolute Gasteiger partial charge is 0.268 e. The fraction of sp³-hybridized carbons (Fsp3) is 0.105. The molecule has 0 saturated carbocycles. The average Bonchev–Trinajstić information content (AvgIpc) is 3.02. The molecule has 0 aliphatic rings. The predicted octanol–water partition coefficient (Wildman–Crippen LogP) is 3.55. The third-order valence-corrected chi connectivity index (χ3v) is 5.01. The first-order valence-corrected chi connectivity index (χ1v) is 8.99. The molecule has 26 heavy (non-hydrogen) atoms. The quantitative estimate of drug-likeness (QED) is 0.409. The molecule has 7 heteroatoms. The van der Waals surface area contributed by atoms with E-state index in [9.17, 15) is 9.18 Å². The number of thioether (sulfide) groups is 1. The molecule has 4 rings (SSSR count). The van der Waals surface area contributed by atoms with Gasteiger partial charge in [-0.05, 0) is 29.8 Å². The number of fused-ring (bicyclic) bond motifs is 1. The molecule has 0 N–H and O–H groups in total. The van der Waals surface area contributed by atoms with Crippen molar-refractivity contribution in [3.63, 3.8) is 0 Å². The van der Waals surface area contributed by atoms with Crippen molar-refractivity contribution in [1.29, 1.82) is 0 Å². The van der Waals surface area contributed by atoms with Crippen molar-refractivity contribution in [3.8, 4) is 5.69 Å². The van der Waals surface area contributed by atoms with Gasteiger partial charge in [-0.1, -0.05) is 42.1 Å². The zero-order valence-electron chi connectivity index (χ0n) is 14.0. The molecule has 2 aromatic carbocycles. The third kappa shape index (κ3) is 3.01. The van der Waals surface area contributed by atoms with Crippen molar-refractivity contribution >= 4 is 22.8 Å². The van der Waals surface area contributed by atoms with Crippen molar-refractivity contribution in [1.82, 2.24) is 19.3 Å². The van der Waals surface area contributed by atoms with Crippen LogP contribution in [0.25, 0.3) is 16.7 Å². The Morgan fingerprint density at radius 3 is 2.69 bits per heavy atom. The van der Waals surface area contributed by atoms with Crippen LogP contribution in [0.1, 0.15) is 5.56 Å². The van der Waals surface area contributed by atoms with Gasteiger partial charge >= 0.3 is 0 Å². The maximum absolute atomic E-state index is 13.4. The molecule has 2 aromatic heterocycles. The van der Waals surface area contributed by atoms with Crippen LogP contribution in [0.2, 0.25) is 0 Å². The van der Waals surface area contributed by atoms with E-state index < -0.39 is 0 Å². The number of hydrogen-bond acceptors (Lipinski definition) is 4. The molecule has 0 bridgehead atoms. The number of para-hydroxylation sites is 1. The van der Waals surface area contributed by atoms with Crippen LogP contribution in [-0.2, 0) is 12.8 Å². The lowest BCUT2D eigenvalue weighted by atomic mass is 10.2. The van der Waals surface area contributed by atoms with Crippen LogP contribution in [-0.4, -0.2) is 19.3 Å². The zero-order valence-corrected chi connectivity index (χ0v) is 14.8. The number of benzene rings is 2. The van der Waals surface area contributed by atoms with Crippen molar-refractivity contribution in [2.75, 3.05) is 0 Å². The van der Waals surface area contributed by atoms with Crippen molar-refractivity contribution in [3.05, 3.63) is 82.5 Å². The van der Waals surface area contributed by atoms with E-state index >= 15 is 0 Å². The minimum Gasteiger partial charge on any atom is -0.268 e. The van der Waals surface area contributed by atoms with Gasteiger partial charge in [-0.3, -0.25) is 14.0 Å². The highest BCUT2D eigenvalue weighted by atomic mass is 32.2. The number of rotatable bonds is 4. The van der Waals surface area contributed by atoms with E-state index in [0.717, 1.165) is 11.3 Å². The van der Waals surface area contributed by atoms with Gasteiger partial charge in [0.25, 0.3) is 5.56 Å². The summed E-state index contributed by atoms with van der Waals surface area (Å²) in [5.41, 5.74) is 1.92. The first-order valence-electron chi connectivity index (χ1n) is 8.01. The Morgan fingerprint density at radius 2 is 1.92 bits per heavy atom. The van der Waals surface area contributed by atoms with E-state index in [1.807, 2.05) is 36.4 Å². The van der Waals surface area contributed by atoms with Gasteiger partial charge in [0.15, 0.2) is 10.8 Å². The lowest BCUT2D eigenvalue weighted by Crippen LogP contribution is -2.21. The monoisotopic (exact) mass is 366 g/mol. The predicted molar refractivity (Wildman–Crippen MR) is 100 cm³/mol. The molecular formula is C19H15FN4OS. The topological polar surface area (TPSA) is 52.7 Å². The Morgan fingerprint density at radius 1 is 1.12 bits per heavy atom. The van der Waals surface area contributed by atoms with Crippen molar-refractivity contribution in [2.24, 2.45) is 7.05 Å². The number of aromatic nitrogens is 4. The maximum Gasteiger partial charge on any atom is 0.269 e. The summed E-state index contributed by atoms with van der Waals surface area (Å²) < 4.78 is 16.6. The lowest BCUT2D eigenvalue weighted by molar-refractivity contribution is 0.626. The average molecular weight is 366 g/mol. The molecule has 0 unspecified atom stereocenters. The lowest BCUT2D eigenvalue weighted by Gasteiger charge is -2.12. The van der Waals surface area contributed by atoms with E-state index in [1.165, 1.54) is 30.1 Å². The maximum atomic E-state index is 13.4. The molecule has 0 fully saturated rings. The van der Waals surface area contributed by atoms with Crippen LogP contribution in [0.5, 0.6) is 0 Å². The van der Waals surface area contributed by atoms with Gasteiger partial charge in [-0.2, -0.15) is 5.10 Å². The summed E-state index contributed by atoms with van der Waals surface area (Å²) in [6.45, 7) is 0. The summed E-state index contributed by atoms with van der Waals surface area (Å²) >= 11 is 1.39. The molecule has 2 heterocycles. The van der Waals surface area contributed by atoms with Gasteiger partial charge in [0, 0.05) is 12.8 Å². The van der Waals surface area contributed by atoms with Gasteiger partial charge in [0.05, 0.1) is 11.9 Å². The number of hydrogen-bond donors (Lipinski definition) is 0. The van der Waals surface area contributed by atoms with E-state index in [-0.39, 0.29) is 11.4 Å². The highest BCUT2D eigenvalue weighted by Crippen LogP contribution is 2.24. The zero-order chi connectivity index (χ0) is 18.1. The highest BCUT2D eigenvalue weighted by molar-refractivity contribution is 7.98. The largest absolute Gasteiger partial charge is 0.269 e. The van der Waals surface area contributed by atoms with Crippen LogP contribution in [0.15, 0.2) is 70.7 Å². The summed E-state index contributed by atoms with van der Waals surface area (Å²) in [7, 11) is 1.75. The van der Waals surface area contributed by atoms with Gasteiger partial charge in [0.1, 0.15) is 11.2 Å². The molecular weight excluding hydrogens is 351 g/mol. The van der Waals surface area contributed by atoms with Gasteiger partial charge < -0.3 is 0 Å². The molecule has 0 spiro atoms. The molecule has 130 valence electrons. The Bertz CT molecular complexity index is 1140. The Hall–Kier alpha value is -2.93. The fourth-order valence-electron chi connectivity index (χ4n) is 2.74. The van der Waals surface area contributed by atoms with Crippen molar-refractivity contribution in [2.45, 2.75) is 10.9 Å². The van der Waals surface area contributed by atoms with Crippen LogP contribution < -0.4 is 5.56 Å². The molecule has 0 aliphatic heterocycles. The second-order valence-electron chi connectivity index (χ2n) is 5.79. The Labute approximate surface area is 153 Å². The summed E-state index contributed by atoms with van der Waals surface area (Å²) in [6, 6.07) is 15.8. The molecule has 0 amide bonds. The second-order valence-corrected chi connectivity index (χ2v) is 6.74. The fourth-order valence-corrected chi connectivity index (χ4v) is 3.68. The summed E-state index contributed by atoms with van der Waals surface area (Å²) in [5.74, 6) is 0.221. The standard InChI is InChI=1S/C19H15FN4OS/c1-23-17-16(11-21-23)18(25)24(15-8-3-2-4-9-15)19(22-17)26-12-13-6-5-7-14(20)10-13/h2-11H,12H2,1H3. The second kappa shape index (κ2) is 6.76. The van der Waals surface area contributed by atoms with E-state index in [4.69, 9.17) is 0 Å².